The van der Waals surface area contributed by atoms with E-state index in [1.165, 1.54) is 12.0 Å². The molecule has 2 rings (SSSR count). The largest absolute Gasteiger partial charge is 0.465 e. The quantitative estimate of drug-likeness (QED) is 0.657. The summed E-state index contributed by atoms with van der Waals surface area (Å²) >= 11 is 1.68. The monoisotopic (exact) mass is 262 g/mol. The maximum Gasteiger partial charge on any atom is 0.337 e. The van der Waals surface area contributed by atoms with Crippen molar-refractivity contribution in [1.29, 1.82) is 0 Å². The van der Waals surface area contributed by atoms with Crippen LogP contribution in [0.3, 0.4) is 0 Å². The minimum absolute atomic E-state index is 0.383. The van der Waals surface area contributed by atoms with Gasteiger partial charge in [0.05, 0.1) is 24.0 Å². The van der Waals surface area contributed by atoms with Crippen LogP contribution in [0.4, 0.5) is 11.4 Å². The molecule has 0 bridgehead atoms. The smallest absolute Gasteiger partial charge is 0.337 e. The van der Waals surface area contributed by atoms with Gasteiger partial charge in [-0.2, -0.15) is 0 Å². The molecule has 18 heavy (non-hydrogen) atoms. The summed E-state index contributed by atoms with van der Waals surface area (Å²) in [6.45, 7) is 0.722. The van der Waals surface area contributed by atoms with Crippen LogP contribution in [0.25, 0.3) is 0 Å². The van der Waals surface area contributed by atoms with E-state index in [-0.39, 0.29) is 5.97 Å². The lowest BCUT2D eigenvalue weighted by Gasteiger charge is -2.09. The Hall–Kier alpha value is -2.01. The Labute approximate surface area is 109 Å². The zero-order valence-electron chi connectivity index (χ0n) is 9.97. The number of hydrogen-bond donors (Lipinski definition) is 2. The number of carbonyl (C=O) groups excluding carboxylic acids is 1. The number of anilines is 2. The van der Waals surface area contributed by atoms with E-state index in [0.717, 1.165) is 12.2 Å². The lowest BCUT2D eigenvalue weighted by Crippen LogP contribution is -2.05. The molecule has 4 nitrogen and oxygen atoms in total. The Bertz CT molecular complexity index is 538. The van der Waals surface area contributed by atoms with Crippen LogP contribution in [0.2, 0.25) is 0 Å². The van der Waals surface area contributed by atoms with Crippen molar-refractivity contribution in [2.45, 2.75) is 6.54 Å². The molecule has 0 radical (unpaired) electrons. The van der Waals surface area contributed by atoms with E-state index < -0.39 is 0 Å². The molecule has 0 aliphatic rings. The molecule has 0 spiro atoms. The molecule has 5 heteroatoms. The van der Waals surface area contributed by atoms with Crippen molar-refractivity contribution in [2.24, 2.45) is 0 Å². The number of benzene rings is 1. The number of hydrogen-bond acceptors (Lipinski definition) is 5. The first-order valence-electron chi connectivity index (χ1n) is 5.45. The highest BCUT2D eigenvalue weighted by Crippen LogP contribution is 2.21. The maximum atomic E-state index is 11.3. The second-order valence-electron chi connectivity index (χ2n) is 3.73. The van der Waals surface area contributed by atoms with Gasteiger partial charge in [0.25, 0.3) is 0 Å². The first kappa shape index (κ1) is 12.4. The van der Waals surface area contributed by atoms with Gasteiger partial charge in [-0.25, -0.2) is 4.79 Å². The second-order valence-corrected chi connectivity index (χ2v) is 4.76. The normalized spacial score (nSPS) is 10.1. The molecule has 0 atom stereocenters. The summed E-state index contributed by atoms with van der Waals surface area (Å²) in [4.78, 5) is 12.6. The Balaban J connectivity index is 2.08. The van der Waals surface area contributed by atoms with Gasteiger partial charge < -0.3 is 15.8 Å². The molecule has 0 saturated heterocycles. The van der Waals surface area contributed by atoms with Gasteiger partial charge in [0, 0.05) is 11.4 Å². The van der Waals surface area contributed by atoms with Crippen molar-refractivity contribution >= 4 is 28.7 Å². The van der Waals surface area contributed by atoms with Gasteiger partial charge in [0.15, 0.2) is 0 Å². The Morgan fingerprint density at radius 3 is 2.89 bits per heavy atom. The first-order valence-corrected chi connectivity index (χ1v) is 6.33. The summed E-state index contributed by atoms with van der Waals surface area (Å²) in [5.74, 6) is -0.383. The third-order valence-corrected chi connectivity index (χ3v) is 3.38. The van der Waals surface area contributed by atoms with Gasteiger partial charge in [-0.15, -0.1) is 11.3 Å². The molecule has 94 valence electrons. The molecule has 3 N–H and O–H groups in total. The number of nitrogen functional groups attached to an aromatic ring is 1. The van der Waals surface area contributed by atoms with E-state index in [9.17, 15) is 4.79 Å². The van der Waals surface area contributed by atoms with Gasteiger partial charge in [0.1, 0.15) is 0 Å². The van der Waals surface area contributed by atoms with Crippen LogP contribution in [-0.4, -0.2) is 13.1 Å². The SMILES string of the molecule is COC(=O)c1ccc(NCc2cccs2)c(N)c1. The van der Waals surface area contributed by atoms with Crippen LogP contribution >= 0.6 is 11.3 Å². The lowest BCUT2D eigenvalue weighted by molar-refractivity contribution is 0.0601. The van der Waals surface area contributed by atoms with Crippen LogP contribution in [-0.2, 0) is 11.3 Å². The summed E-state index contributed by atoms with van der Waals surface area (Å²) in [6, 6.07) is 9.15. The fourth-order valence-electron chi connectivity index (χ4n) is 1.56. The molecule has 0 saturated carbocycles. The Morgan fingerprint density at radius 1 is 1.44 bits per heavy atom. The zero-order valence-corrected chi connectivity index (χ0v) is 10.8. The highest BCUT2D eigenvalue weighted by atomic mass is 32.1. The van der Waals surface area contributed by atoms with Crippen molar-refractivity contribution in [3.8, 4) is 0 Å². The molecule has 0 unspecified atom stereocenters. The molecule has 2 aromatic rings. The zero-order chi connectivity index (χ0) is 13.0. The molecule has 0 aliphatic heterocycles. The molecule has 0 fully saturated rings. The Morgan fingerprint density at radius 2 is 2.28 bits per heavy atom. The topological polar surface area (TPSA) is 64.3 Å². The van der Waals surface area contributed by atoms with Crippen molar-refractivity contribution in [3.05, 3.63) is 46.2 Å². The van der Waals surface area contributed by atoms with E-state index in [4.69, 9.17) is 5.73 Å². The average Bonchev–Trinajstić information content (AvgIpc) is 2.89. The van der Waals surface area contributed by atoms with Crippen LogP contribution in [0.5, 0.6) is 0 Å². The molecule has 1 heterocycles. The fourth-order valence-corrected chi connectivity index (χ4v) is 2.21. The van der Waals surface area contributed by atoms with Crippen molar-refractivity contribution in [2.75, 3.05) is 18.2 Å². The van der Waals surface area contributed by atoms with E-state index >= 15 is 0 Å². The van der Waals surface area contributed by atoms with Crippen LogP contribution in [0, 0.1) is 0 Å². The number of carbonyl (C=O) groups is 1. The number of ether oxygens (including phenoxy) is 1. The fraction of sp³-hybridized carbons (Fsp3) is 0.154. The summed E-state index contributed by atoms with van der Waals surface area (Å²) in [5, 5.41) is 5.26. The van der Waals surface area contributed by atoms with Crippen molar-refractivity contribution in [1.82, 2.24) is 0 Å². The van der Waals surface area contributed by atoms with Crippen LogP contribution in [0.15, 0.2) is 35.7 Å². The van der Waals surface area contributed by atoms with Gasteiger partial charge in [-0.1, -0.05) is 6.07 Å². The predicted molar refractivity (Wildman–Crippen MR) is 73.8 cm³/mol. The lowest BCUT2D eigenvalue weighted by atomic mass is 10.1. The Kier molecular flexibility index (Phi) is 3.84. The maximum absolute atomic E-state index is 11.3. The van der Waals surface area contributed by atoms with E-state index in [1.807, 2.05) is 11.4 Å². The van der Waals surface area contributed by atoms with Crippen molar-refractivity contribution < 1.29 is 9.53 Å². The number of methoxy groups -OCH3 is 1. The minimum Gasteiger partial charge on any atom is -0.465 e. The van der Waals surface area contributed by atoms with Gasteiger partial charge in [-0.05, 0) is 29.6 Å². The number of thiophene rings is 1. The third kappa shape index (κ3) is 2.81. The van der Waals surface area contributed by atoms with E-state index in [1.54, 1.807) is 29.5 Å². The predicted octanol–water partition coefficient (Wildman–Crippen LogP) is 2.73. The molecular weight excluding hydrogens is 248 g/mol. The molecule has 0 amide bonds. The summed E-state index contributed by atoms with van der Waals surface area (Å²) < 4.78 is 4.64. The standard InChI is InChI=1S/C13H14N2O2S/c1-17-13(16)9-4-5-12(11(14)7-9)15-8-10-3-2-6-18-10/h2-7,15H,8,14H2,1H3. The van der Waals surface area contributed by atoms with E-state index in [2.05, 4.69) is 16.1 Å². The van der Waals surface area contributed by atoms with Gasteiger partial charge in [0.2, 0.25) is 0 Å². The summed E-state index contributed by atoms with van der Waals surface area (Å²) in [6.07, 6.45) is 0. The first-order chi connectivity index (χ1) is 8.70. The van der Waals surface area contributed by atoms with Crippen molar-refractivity contribution in [3.63, 3.8) is 0 Å². The molecule has 0 aliphatic carbocycles. The van der Waals surface area contributed by atoms with Crippen LogP contribution in [0.1, 0.15) is 15.2 Å². The highest BCUT2D eigenvalue weighted by molar-refractivity contribution is 7.09. The molecular formula is C13H14N2O2S. The average molecular weight is 262 g/mol. The van der Waals surface area contributed by atoms with E-state index in [0.29, 0.717) is 11.3 Å². The second kappa shape index (κ2) is 5.55. The number of rotatable bonds is 4. The third-order valence-electron chi connectivity index (χ3n) is 2.51. The summed E-state index contributed by atoms with van der Waals surface area (Å²) in [7, 11) is 1.35. The number of nitrogens with one attached hydrogen (secondary N) is 1. The highest BCUT2D eigenvalue weighted by Gasteiger charge is 2.07. The number of nitrogens with two attached hydrogens (primary N) is 1. The summed E-state index contributed by atoms with van der Waals surface area (Å²) in [5.41, 5.74) is 7.69. The number of esters is 1. The minimum atomic E-state index is -0.383. The van der Waals surface area contributed by atoms with Gasteiger partial charge >= 0.3 is 5.97 Å². The van der Waals surface area contributed by atoms with Gasteiger partial charge in [-0.3, -0.25) is 0 Å². The molecule has 1 aromatic heterocycles. The molecule has 1 aromatic carbocycles. The van der Waals surface area contributed by atoms with Crippen LogP contribution < -0.4 is 11.1 Å².